The Bertz CT molecular complexity index is 917. The van der Waals surface area contributed by atoms with Crippen molar-refractivity contribution in [2.45, 2.75) is 32.6 Å². The average Bonchev–Trinajstić information content (AvgIpc) is 3.06. The number of aryl methyl sites for hydroxylation is 2. The Balaban J connectivity index is 1.51. The normalized spacial score (nSPS) is 17.1. The highest BCUT2D eigenvalue weighted by Gasteiger charge is 2.26. The molecular formula is C20H21N5O2. The number of nitrogens with zero attached hydrogens (tertiary/aromatic N) is 5. The Labute approximate surface area is 157 Å². The van der Waals surface area contributed by atoms with Gasteiger partial charge in [-0.05, 0) is 32.8 Å². The summed E-state index contributed by atoms with van der Waals surface area (Å²) in [5.74, 6) is 1.00. The molecule has 0 aromatic carbocycles. The number of pyridine rings is 1. The lowest BCUT2D eigenvalue weighted by Gasteiger charge is -2.32. The van der Waals surface area contributed by atoms with Gasteiger partial charge in [-0.1, -0.05) is 11.2 Å². The van der Waals surface area contributed by atoms with E-state index in [2.05, 4.69) is 26.2 Å². The molecule has 3 aromatic rings. The van der Waals surface area contributed by atoms with E-state index in [0.717, 1.165) is 47.7 Å². The molecule has 0 bridgehead atoms. The van der Waals surface area contributed by atoms with Gasteiger partial charge in [0.2, 0.25) is 0 Å². The van der Waals surface area contributed by atoms with Gasteiger partial charge in [0.1, 0.15) is 12.1 Å². The summed E-state index contributed by atoms with van der Waals surface area (Å²) in [6.07, 6.45) is 8.41. The number of rotatable bonds is 3. The van der Waals surface area contributed by atoms with E-state index in [0.29, 0.717) is 12.1 Å². The number of piperidine rings is 1. The molecule has 0 radical (unpaired) electrons. The van der Waals surface area contributed by atoms with Crippen LogP contribution in [0.3, 0.4) is 0 Å². The van der Waals surface area contributed by atoms with Crippen molar-refractivity contribution in [3.63, 3.8) is 0 Å². The largest absolute Gasteiger partial charge is 0.361 e. The Morgan fingerprint density at radius 3 is 2.67 bits per heavy atom. The molecule has 1 saturated heterocycles. The molecule has 7 heteroatoms. The lowest BCUT2D eigenvalue weighted by Crippen LogP contribution is -2.39. The van der Waals surface area contributed by atoms with E-state index in [4.69, 9.17) is 4.52 Å². The lowest BCUT2D eigenvalue weighted by molar-refractivity contribution is 0.0705. The van der Waals surface area contributed by atoms with Gasteiger partial charge in [0.15, 0.2) is 0 Å². The van der Waals surface area contributed by atoms with Gasteiger partial charge in [-0.15, -0.1) is 0 Å². The monoisotopic (exact) mass is 363 g/mol. The quantitative estimate of drug-likeness (QED) is 0.710. The molecule has 1 amide bonds. The van der Waals surface area contributed by atoms with Crippen LogP contribution in [0.1, 0.15) is 46.3 Å². The van der Waals surface area contributed by atoms with Crippen LogP contribution in [0.15, 0.2) is 41.6 Å². The average molecular weight is 363 g/mol. The second kappa shape index (κ2) is 7.26. The maximum atomic E-state index is 12.7. The minimum Gasteiger partial charge on any atom is -0.361 e. The molecule has 7 nitrogen and oxygen atoms in total. The number of hydrogen-bond acceptors (Lipinski definition) is 6. The second-order valence-electron chi connectivity index (χ2n) is 6.89. The Morgan fingerprint density at radius 1 is 1.19 bits per heavy atom. The molecule has 4 rings (SSSR count). The third-order valence-corrected chi connectivity index (χ3v) is 5.04. The molecule has 1 aliphatic rings. The number of likely N-dealkylation sites (tertiary alicyclic amines) is 1. The maximum Gasteiger partial charge on any atom is 0.257 e. The predicted molar refractivity (Wildman–Crippen MR) is 99.1 cm³/mol. The smallest absolute Gasteiger partial charge is 0.257 e. The molecule has 3 aromatic heterocycles. The maximum absolute atomic E-state index is 12.7. The van der Waals surface area contributed by atoms with Crippen molar-refractivity contribution in [1.29, 1.82) is 0 Å². The molecule has 1 aliphatic heterocycles. The van der Waals surface area contributed by atoms with Gasteiger partial charge in [-0.25, -0.2) is 9.97 Å². The lowest BCUT2D eigenvalue weighted by atomic mass is 9.93. The van der Waals surface area contributed by atoms with Crippen LogP contribution in [0.2, 0.25) is 0 Å². The summed E-state index contributed by atoms with van der Waals surface area (Å²) in [5, 5.41) is 4.01. The van der Waals surface area contributed by atoms with Gasteiger partial charge in [-0.3, -0.25) is 9.78 Å². The minimum atomic E-state index is -0.0207. The van der Waals surface area contributed by atoms with Crippen molar-refractivity contribution in [3.8, 4) is 11.1 Å². The van der Waals surface area contributed by atoms with Gasteiger partial charge < -0.3 is 9.42 Å². The summed E-state index contributed by atoms with van der Waals surface area (Å²) in [4.78, 5) is 27.1. The van der Waals surface area contributed by atoms with Crippen molar-refractivity contribution in [3.05, 3.63) is 59.8 Å². The first-order valence-electron chi connectivity index (χ1n) is 9.07. The summed E-state index contributed by atoms with van der Waals surface area (Å²) in [5.41, 5.74) is 4.40. The zero-order chi connectivity index (χ0) is 18.8. The van der Waals surface area contributed by atoms with Gasteiger partial charge >= 0.3 is 0 Å². The second-order valence-corrected chi connectivity index (χ2v) is 6.89. The number of aromatic nitrogens is 4. The third kappa shape index (κ3) is 3.45. The van der Waals surface area contributed by atoms with Crippen LogP contribution < -0.4 is 0 Å². The Hall–Kier alpha value is -3.09. The predicted octanol–water partition coefficient (Wildman–Crippen LogP) is 3.16. The number of hydrogen-bond donors (Lipinski definition) is 0. The highest BCUT2D eigenvalue weighted by atomic mass is 16.5. The zero-order valence-electron chi connectivity index (χ0n) is 15.4. The van der Waals surface area contributed by atoms with E-state index < -0.39 is 0 Å². The first kappa shape index (κ1) is 17.3. The minimum absolute atomic E-state index is 0.0207. The molecule has 0 aliphatic carbocycles. The number of amides is 1. The van der Waals surface area contributed by atoms with Crippen molar-refractivity contribution in [1.82, 2.24) is 25.0 Å². The summed E-state index contributed by atoms with van der Waals surface area (Å²) in [6, 6.07) is 4.10. The summed E-state index contributed by atoms with van der Waals surface area (Å²) in [7, 11) is 0. The standard InChI is InChI=1S/C20H21N5O2/c1-13-19(14(2)27-24-13)15-5-6-18(23-10-15)16-4-3-7-25(11-16)20(26)17-8-21-12-22-9-17/h5-6,8-10,12,16H,3-4,7,11H2,1-2H3/t16-/m0/s1. The van der Waals surface area contributed by atoms with Crippen molar-refractivity contribution >= 4 is 5.91 Å². The fourth-order valence-corrected chi connectivity index (χ4v) is 3.68. The van der Waals surface area contributed by atoms with Crippen LogP contribution >= 0.6 is 0 Å². The van der Waals surface area contributed by atoms with Crippen molar-refractivity contribution < 1.29 is 9.32 Å². The SMILES string of the molecule is Cc1noc(C)c1-c1ccc([C@H]2CCCN(C(=O)c3cncnc3)C2)nc1. The van der Waals surface area contributed by atoms with E-state index in [9.17, 15) is 4.79 Å². The highest BCUT2D eigenvalue weighted by molar-refractivity contribution is 5.93. The Kier molecular flexibility index (Phi) is 4.66. The van der Waals surface area contributed by atoms with Crippen LogP contribution in [-0.4, -0.2) is 44.0 Å². The molecule has 1 atom stereocenters. The van der Waals surface area contributed by atoms with Gasteiger partial charge in [-0.2, -0.15) is 0 Å². The number of carbonyl (C=O) groups is 1. The van der Waals surface area contributed by atoms with E-state index in [1.165, 1.54) is 6.33 Å². The molecule has 1 fully saturated rings. The van der Waals surface area contributed by atoms with Crippen LogP contribution in [0, 0.1) is 13.8 Å². The van der Waals surface area contributed by atoms with Gasteiger partial charge in [0, 0.05) is 54.4 Å². The fraction of sp³-hybridized carbons (Fsp3) is 0.350. The Morgan fingerprint density at radius 2 is 2.00 bits per heavy atom. The van der Waals surface area contributed by atoms with Gasteiger partial charge in [0.25, 0.3) is 5.91 Å². The summed E-state index contributed by atoms with van der Waals surface area (Å²) < 4.78 is 5.25. The molecule has 0 spiro atoms. The molecule has 27 heavy (non-hydrogen) atoms. The van der Waals surface area contributed by atoms with Crippen LogP contribution in [-0.2, 0) is 0 Å². The van der Waals surface area contributed by atoms with Gasteiger partial charge in [0.05, 0.1) is 11.3 Å². The first-order chi connectivity index (χ1) is 13.1. The van der Waals surface area contributed by atoms with Crippen molar-refractivity contribution in [2.75, 3.05) is 13.1 Å². The number of carbonyl (C=O) groups excluding carboxylic acids is 1. The van der Waals surface area contributed by atoms with Crippen molar-refractivity contribution in [2.24, 2.45) is 0 Å². The molecule has 0 unspecified atom stereocenters. The van der Waals surface area contributed by atoms with Crippen LogP contribution in [0.5, 0.6) is 0 Å². The zero-order valence-corrected chi connectivity index (χ0v) is 15.4. The molecule has 0 saturated carbocycles. The van der Waals surface area contributed by atoms with E-state index in [1.54, 1.807) is 12.4 Å². The topological polar surface area (TPSA) is 85.0 Å². The molecule has 4 heterocycles. The first-order valence-corrected chi connectivity index (χ1v) is 9.07. The fourth-order valence-electron chi connectivity index (χ4n) is 3.68. The van der Waals surface area contributed by atoms with Crippen LogP contribution in [0.25, 0.3) is 11.1 Å². The summed E-state index contributed by atoms with van der Waals surface area (Å²) >= 11 is 0. The van der Waals surface area contributed by atoms with Crippen LogP contribution in [0.4, 0.5) is 0 Å². The third-order valence-electron chi connectivity index (χ3n) is 5.04. The molecule has 0 N–H and O–H groups in total. The molecular weight excluding hydrogens is 342 g/mol. The van der Waals surface area contributed by atoms with E-state index >= 15 is 0 Å². The summed E-state index contributed by atoms with van der Waals surface area (Å²) in [6.45, 7) is 5.24. The van der Waals surface area contributed by atoms with E-state index in [1.807, 2.05) is 31.0 Å². The highest BCUT2D eigenvalue weighted by Crippen LogP contribution is 2.30. The molecule has 138 valence electrons. The van der Waals surface area contributed by atoms with E-state index in [-0.39, 0.29) is 11.8 Å².